The molecule has 0 aromatic heterocycles. The summed E-state index contributed by atoms with van der Waals surface area (Å²) in [5, 5.41) is 0. The molecule has 1 saturated heterocycles. The number of nitrogens with zero attached hydrogens (tertiary/aromatic N) is 1. The Morgan fingerprint density at radius 1 is 1.50 bits per heavy atom. The summed E-state index contributed by atoms with van der Waals surface area (Å²) in [6, 6.07) is 3.38. The Bertz CT molecular complexity index is 575. The average molecular weight is 302 g/mol. The van der Waals surface area contributed by atoms with Crippen molar-refractivity contribution in [1.29, 1.82) is 0 Å². The minimum Gasteiger partial charge on any atom is -0.398 e. The highest BCUT2D eigenvalue weighted by Crippen LogP contribution is 2.26. The molecular formula is C13H19FN2O3S. The number of nitrogens with two attached hydrogens (primary N) is 1. The Hall–Kier alpha value is -1.18. The van der Waals surface area contributed by atoms with Crippen LogP contribution in [0.1, 0.15) is 19.8 Å². The smallest absolute Gasteiger partial charge is 0.245 e. The molecule has 1 fully saturated rings. The molecule has 1 aliphatic rings. The van der Waals surface area contributed by atoms with Gasteiger partial charge in [-0.1, -0.05) is 0 Å². The number of hydrogen-bond acceptors (Lipinski definition) is 4. The van der Waals surface area contributed by atoms with E-state index < -0.39 is 15.8 Å². The second-order valence-corrected chi connectivity index (χ2v) is 6.67. The van der Waals surface area contributed by atoms with E-state index in [2.05, 4.69) is 0 Å². The molecule has 0 saturated carbocycles. The van der Waals surface area contributed by atoms with Crippen molar-refractivity contribution in [2.75, 3.05) is 25.4 Å². The molecule has 112 valence electrons. The Balaban J connectivity index is 2.27. The third kappa shape index (κ3) is 3.11. The summed E-state index contributed by atoms with van der Waals surface area (Å²) in [5.74, 6) is -0.615. The number of halogens is 1. The number of benzene rings is 1. The fourth-order valence-corrected chi connectivity index (χ4v) is 4.00. The van der Waals surface area contributed by atoms with Crippen molar-refractivity contribution in [3.05, 3.63) is 24.0 Å². The maximum Gasteiger partial charge on any atom is 0.245 e. The lowest BCUT2D eigenvalue weighted by Gasteiger charge is -2.31. The number of rotatable bonds is 4. The van der Waals surface area contributed by atoms with Crippen molar-refractivity contribution in [3.8, 4) is 0 Å². The maximum absolute atomic E-state index is 13.3. The van der Waals surface area contributed by atoms with Crippen LogP contribution in [-0.4, -0.2) is 38.5 Å². The van der Waals surface area contributed by atoms with E-state index in [1.54, 1.807) is 0 Å². The molecular weight excluding hydrogens is 283 g/mol. The van der Waals surface area contributed by atoms with Gasteiger partial charge in [-0.25, -0.2) is 12.8 Å². The molecule has 1 atom stereocenters. The van der Waals surface area contributed by atoms with Crippen LogP contribution in [0.5, 0.6) is 0 Å². The second kappa shape index (κ2) is 6.07. The van der Waals surface area contributed by atoms with Crippen molar-refractivity contribution in [2.24, 2.45) is 0 Å². The fourth-order valence-electron chi connectivity index (χ4n) is 2.37. The van der Waals surface area contributed by atoms with Crippen molar-refractivity contribution in [1.82, 2.24) is 4.31 Å². The van der Waals surface area contributed by atoms with Gasteiger partial charge in [0.1, 0.15) is 10.7 Å². The van der Waals surface area contributed by atoms with E-state index in [4.69, 9.17) is 10.5 Å². The van der Waals surface area contributed by atoms with Crippen molar-refractivity contribution >= 4 is 15.7 Å². The second-order valence-electron chi connectivity index (χ2n) is 4.76. The quantitative estimate of drug-likeness (QED) is 0.857. The maximum atomic E-state index is 13.3. The van der Waals surface area contributed by atoms with Crippen LogP contribution in [0.25, 0.3) is 0 Å². The van der Waals surface area contributed by atoms with Crippen LogP contribution in [0.3, 0.4) is 0 Å². The van der Waals surface area contributed by atoms with E-state index in [9.17, 15) is 12.8 Å². The van der Waals surface area contributed by atoms with E-state index in [0.29, 0.717) is 13.2 Å². The number of anilines is 1. The zero-order valence-electron chi connectivity index (χ0n) is 11.4. The number of hydrogen-bond donors (Lipinski definition) is 1. The molecule has 0 aliphatic carbocycles. The highest BCUT2D eigenvalue weighted by atomic mass is 32.2. The van der Waals surface area contributed by atoms with Crippen LogP contribution in [0.2, 0.25) is 0 Å². The van der Waals surface area contributed by atoms with E-state index in [1.165, 1.54) is 10.4 Å². The van der Waals surface area contributed by atoms with Gasteiger partial charge in [0, 0.05) is 19.7 Å². The topological polar surface area (TPSA) is 72.6 Å². The first-order valence-corrected chi connectivity index (χ1v) is 8.06. The molecule has 2 N–H and O–H groups in total. The minimum absolute atomic E-state index is 0.0601. The standard InChI is InChI=1S/C13H19FN2O3S/c1-2-19-11-4-3-7-16(9-11)20(17,18)13-8-10(14)5-6-12(13)15/h5-6,8,11H,2-4,7,9,15H2,1H3. The Kier molecular flexibility index (Phi) is 4.62. The Morgan fingerprint density at radius 3 is 2.95 bits per heavy atom. The molecule has 0 amide bonds. The third-order valence-corrected chi connectivity index (χ3v) is 5.26. The predicted molar refractivity (Wildman–Crippen MR) is 74.2 cm³/mol. The average Bonchev–Trinajstić information content (AvgIpc) is 2.42. The van der Waals surface area contributed by atoms with Crippen LogP contribution in [0, 0.1) is 5.82 Å². The molecule has 1 heterocycles. The summed E-state index contributed by atoms with van der Waals surface area (Å²) in [7, 11) is -3.78. The monoisotopic (exact) mass is 302 g/mol. The van der Waals surface area contributed by atoms with Crippen molar-refractivity contribution in [3.63, 3.8) is 0 Å². The molecule has 1 aromatic rings. The van der Waals surface area contributed by atoms with Gasteiger partial charge in [0.15, 0.2) is 0 Å². The lowest BCUT2D eigenvalue weighted by molar-refractivity contribution is 0.0265. The van der Waals surface area contributed by atoms with Crippen molar-refractivity contribution in [2.45, 2.75) is 30.8 Å². The molecule has 2 rings (SSSR count). The van der Waals surface area contributed by atoms with Crippen LogP contribution in [0.4, 0.5) is 10.1 Å². The first-order chi connectivity index (χ1) is 9.45. The van der Waals surface area contributed by atoms with Crippen molar-refractivity contribution < 1.29 is 17.5 Å². The summed E-state index contributed by atoms with van der Waals surface area (Å²) < 4.78 is 45.2. The van der Waals surface area contributed by atoms with Gasteiger partial charge in [-0.2, -0.15) is 4.31 Å². The third-order valence-electron chi connectivity index (χ3n) is 3.34. The van der Waals surface area contributed by atoms with Crippen LogP contribution >= 0.6 is 0 Å². The number of piperidine rings is 1. The normalized spacial score (nSPS) is 21.0. The van der Waals surface area contributed by atoms with Crippen LogP contribution in [0.15, 0.2) is 23.1 Å². The lowest BCUT2D eigenvalue weighted by atomic mass is 10.1. The minimum atomic E-state index is -3.78. The van der Waals surface area contributed by atoms with Gasteiger partial charge in [-0.05, 0) is 38.0 Å². The molecule has 20 heavy (non-hydrogen) atoms. The SMILES string of the molecule is CCOC1CCCN(S(=O)(=O)c2cc(F)ccc2N)C1. The lowest BCUT2D eigenvalue weighted by Crippen LogP contribution is -2.43. The number of ether oxygens (including phenoxy) is 1. The van der Waals surface area contributed by atoms with E-state index >= 15 is 0 Å². The molecule has 1 unspecified atom stereocenters. The van der Waals surface area contributed by atoms with Crippen LogP contribution in [-0.2, 0) is 14.8 Å². The predicted octanol–water partition coefficient (Wildman–Crippen LogP) is 1.60. The first-order valence-electron chi connectivity index (χ1n) is 6.62. The zero-order chi connectivity index (χ0) is 14.8. The van der Waals surface area contributed by atoms with E-state index in [0.717, 1.165) is 25.0 Å². The van der Waals surface area contributed by atoms with Gasteiger partial charge in [-0.15, -0.1) is 0 Å². The molecule has 0 spiro atoms. The summed E-state index contributed by atoms with van der Waals surface area (Å²) >= 11 is 0. The molecule has 1 aliphatic heterocycles. The van der Waals surface area contributed by atoms with Gasteiger partial charge >= 0.3 is 0 Å². The zero-order valence-corrected chi connectivity index (χ0v) is 12.2. The largest absolute Gasteiger partial charge is 0.398 e. The first kappa shape index (κ1) is 15.2. The summed E-state index contributed by atoms with van der Waals surface area (Å²) in [5.41, 5.74) is 5.73. The van der Waals surface area contributed by atoms with Gasteiger partial charge in [0.25, 0.3) is 0 Å². The molecule has 5 nitrogen and oxygen atoms in total. The highest BCUT2D eigenvalue weighted by Gasteiger charge is 2.31. The van der Waals surface area contributed by atoms with Gasteiger partial charge < -0.3 is 10.5 Å². The van der Waals surface area contributed by atoms with Gasteiger partial charge in [0.2, 0.25) is 10.0 Å². The van der Waals surface area contributed by atoms with Gasteiger partial charge in [-0.3, -0.25) is 0 Å². The molecule has 0 radical (unpaired) electrons. The summed E-state index contributed by atoms with van der Waals surface area (Å²) in [6.07, 6.45) is 1.44. The number of sulfonamides is 1. The summed E-state index contributed by atoms with van der Waals surface area (Å²) in [6.45, 7) is 3.10. The Morgan fingerprint density at radius 2 is 2.25 bits per heavy atom. The molecule has 0 bridgehead atoms. The Labute approximate surface area is 118 Å². The fraction of sp³-hybridized carbons (Fsp3) is 0.538. The molecule has 7 heteroatoms. The number of nitrogen functional groups attached to an aromatic ring is 1. The summed E-state index contributed by atoms with van der Waals surface area (Å²) in [4.78, 5) is -0.172. The van der Waals surface area contributed by atoms with E-state index in [1.807, 2.05) is 6.92 Å². The van der Waals surface area contributed by atoms with E-state index in [-0.39, 0.29) is 23.2 Å². The highest BCUT2D eigenvalue weighted by molar-refractivity contribution is 7.89. The molecule has 1 aromatic carbocycles. The van der Waals surface area contributed by atoms with Gasteiger partial charge in [0.05, 0.1) is 11.8 Å². The van der Waals surface area contributed by atoms with Crippen LogP contribution < -0.4 is 5.73 Å².